The molecule has 1 heterocycles. The molecule has 1 aliphatic heterocycles. The van der Waals surface area contributed by atoms with Gasteiger partial charge in [-0.3, -0.25) is 0 Å². The van der Waals surface area contributed by atoms with E-state index in [2.05, 4.69) is 55.1 Å². The molecule has 2 aliphatic rings. The molecule has 0 aromatic heterocycles. The number of hydrogen-bond acceptors (Lipinski definition) is 2. The van der Waals surface area contributed by atoms with Crippen LogP contribution < -0.4 is 0 Å². The Hall–Kier alpha value is -0.166. The van der Waals surface area contributed by atoms with Crippen molar-refractivity contribution in [1.82, 2.24) is 4.57 Å². The third-order valence-corrected chi connectivity index (χ3v) is 12.0. The summed E-state index contributed by atoms with van der Waals surface area (Å²) in [6, 6.07) is 0. The second-order valence-corrected chi connectivity index (χ2v) is 14.4. The fourth-order valence-electron chi connectivity index (χ4n) is 2.93. The predicted octanol–water partition coefficient (Wildman–Crippen LogP) is 3.50. The SMILES string of the molecule is C[Si](C)(O[Si](C)(C)N1CCCC1)C1C=CC=C1. The maximum atomic E-state index is 6.69. The summed E-state index contributed by atoms with van der Waals surface area (Å²) < 4.78 is 9.32. The first-order chi connectivity index (χ1) is 7.92. The van der Waals surface area contributed by atoms with Gasteiger partial charge in [0.2, 0.25) is 0 Å². The Balaban J connectivity index is 2.02. The van der Waals surface area contributed by atoms with Crippen LogP contribution in [-0.2, 0) is 4.12 Å². The first-order valence-electron chi connectivity index (χ1n) is 6.72. The molecular formula is C13H25NOSi2. The molecule has 0 aromatic carbocycles. The second kappa shape index (κ2) is 4.84. The van der Waals surface area contributed by atoms with Crippen molar-refractivity contribution < 1.29 is 4.12 Å². The van der Waals surface area contributed by atoms with Gasteiger partial charge in [-0.15, -0.1) is 0 Å². The Morgan fingerprint density at radius 3 is 2.06 bits per heavy atom. The van der Waals surface area contributed by atoms with E-state index >= 15 is 0 Å². The van der Waals surface area contributed by atoms with Gasteiger partial charge in [0.1, 0.15) is 0 Å². The van der Waals surface area contributed by atoms with E-state index in [4.69, 9.17) is 4.12 Å². The number of allylic oxidation sites excluding steroid dienone is 4. The van der Waals surface area contributed by atoms with Crippen LogP contribution in [0.4, 0.5) is 0 Å². The number of hydrogen-bond donors (Lipinski definition) is 0. The fourth-order valence-corrected chi connectivity index (χ4v) is 11.7. The standard InChI is InChI=1S/C13H25NOSi2/c1-16(2,13-9-5-6-10-13)15-17(3,4)14-11-7-8-12-14/h5-6,9-10,13H,7-8,11-12H2,1-4H3. The van der Waals surface area contributed by atoms with Gasteiger partial charge < -0.3 is 8.68 Å². The molecular weight excluding hydrogens is 242 g/mol. The van der Waals surface area contributed by atoms with Gasteiger partial charge in [-0.25, -0.2) is 0 Å². The van der Waals surface area contributed by atoms with E-state index in [0.29, 0.717) is 5.54 Å². The van der Waals surface area contributed by atoms with E-state index in [1.54, 1.807) is 0 Å². The van der Waals surface area contributed by atoms with Crippen molar-refractivity contribution >= 4 is 16.8 Å². The summed E-state index contributed by atoms with van der Waals surface area (Å²) in [5.74, 6) is 0. The molecule has 0 spiro atoms. The Morgan fingerprint density at radius 2 is 1.53 bits per heavy atom. The van der Waals surface area contributed by atoms with Crippen molar-refractivity contribution in [2.24, 2.45) is 0 Å². The van der Waals surface area contributed by atoms with Crippen molar-refractivity contribution in [3.63, 3.8) is 0 Å². The maximum absolute atomic E-state index is 6.69. The fraction of sp³-hybridized carbons (Fsp3) is 0.692. The zero-order chi connectivity index (χ0) is 12.5. The average Bonchev–Trinajstić information content (AvgIpc) is 2.91. The molecule has 0 saturated carbocycles. The Kier molecular flexibility index (Phi) is 3.78. The molecule has 0 aromatic rings. The lowest BCUT2D eigenvalue weighted by molar-refractivity contribution is 0.397. The molecule has 0 radical (unpaired) electrons. The van der Waals surface area contributed by atoms with E-state index in [9.17, 15) is 0 Å². The molecule has 1 saturated heterocycles. The van der Waals surface area contributed by atoms with E-state index < -0.39 is 16.8 Å². The average molecular weight is 268 g/mol. The highest BCUT2D eigenvalue weighted by Crippen LogP contribution is 2.33. The molecule has 1 fully saturated rings. The quantitative estimate of drug-likeness (QED) is 0.723. The molecule has 0 N–H and O–H groups in total. The van der Waals surface area contributed by atoms with Crippen molar-refractivity contribution in [3.8, 4) is 0 Å². The monoisotopic (exact) mass is 267 g/mol. The molecule has 4 heteroatoms. The summed E-state index contributed by atoms with van der Waals surface area (Å²) in [7, 11) is -3.27. The Labute approximate surface area is 108 Å². The highest BCUT2D eigenvalue weighted by Gasteiger charge is 2.42. The second-order valence-electron chi connectivity index (χ2n) is 6.14. The number of rotatable bonds is 4. The summed E-state index contributed by atoms with van der Waals surface area (Å²) in [5.41, 5.74) is 0.567. The van der Waals surface area contributed by atoms with E-state index in [1.165, 1.54) is 25.9 Å². The molecule has 0 amide bonds. The van der Waals surface area contributed by atoms with Gasteiger partial charge in [0.05, 0.1) is 0 Å². The molecule has 1 aliphatic carbocycles. The van der Waals surface area contributed by atoms with Crippen LogP contribution in [0.15, 0.2) is 24.3 Å². The molecule has 2 nitrogen and oxygen atoms in total. The summed E-state index contributed by atoms with van der Waals surface area (Å²) in [5, 5.41) is 0. The van der Waals surface area contributed by atoms with Gasteiger partial charge in [0, 0.05) is 5.54 Å². The third-order valence-electron chi connectivity index (χ3n) is 3.93. The van der Waals surface area contributed by atoms with Crippen LogP contribution in [0.2, 0.25) is 31.7 Å². The van der Waals surface area contributed by atoms with Gasteiger partial charge in [0.25, 0.3) is 8.48 Å². The molecule has 96 valence electrons. The van der Waals surface area contributed by atoms with Crippen LogP contribution in [0, 0.1) is 0 Å². The lowest BCUT2D eigenvalue weighted by atomic mass is 10.4. The van der Waals surface area contributed by atoms with Gasteiger partial charge in [0.15, 0.2) is 8.32 Å². The predicted molar refractivity (Wildman–Crippen MR) is 78.9 cm³/mol. The molecule has 2 rings (SSSR count). The first-order valence-corrected chi connectivity index (χ1v) is 12.6. The lowest BCUT2D eigenvalue weighted by Crippen LogP contribution is -2.56. The Bertz CT molecular complexity index is 318. The van der Waals surface area contributed by atoms with Gasteiger partial charge in [-0.1, -0.05) is 24.3 Å². The lowest BCUT2D eigenvalue weighted by Gasteiger charge is -2.41. The molecule has 17 heavy (non-hydrogen) atoms. The van der Waals surface area contributed by atoms with Crippen molar-refractivity contribution in [3.05, 3.63) is 24.3 Å². The summed E-state index contributed by atoms with van der Waals surface area (Å²) in [6.07, 6.45) is 11.6. The minimum absolute atomic E-state index is 0.567. The van der Waals surface area contributed by atoms with Crippen molar-refractivity contribution in [2.75, 3.05) is 13.1 Å². The van der Waals surface area contributed by atoms with Crippen molar-refractivity contribution in [2.45, 2.75) is 44.6 Å². The summed E-state index contributed by atoms with van der Waals surface area (Å²) in [6.45, 7) is 12.0. The first kappa shape index (κ1) is 13.3. The van der Waals surface area contributed by atoms with Crippen molar-refractivity contribution in [1.29, 1.82) is 0 Å². The van der Waals surface area contributed by atoms with Crippen LogP contribution in [0.5, 0.6) is 0 Å². The van der Waals surface area contributed by atoms with Crippen LogP contribution in [-0.4, -0.2) is 34.5 Å². The smallest absolute Gasteiger partial charge is 0.254 e. The largest absolute Gasteiger partial charge is 0.444 e. The zero-order valence-corrected chi connectivity index (χ0v) is 13.6. The van der Waals surface area contributed by atoms with E-state index in [0.717, 1.165) is 0 Å². The van der Waals surface area contributed by atoms with Gasteiger partial charge >= 0.3 is 0 Å². The van der Waals surface area contributed by atoms with Crippen LogP contribution in [0.3, 0.4) is 0 Å². The molecule has 0 unspecified atom stereocenters. The normalized spacial score (nSPS) is 22.8. The van der Waals surface area contributed by atoms with Crippen LogP contribution >= 0.6 is 0 Å². The third kappa shape index (κ3) is 2.99. The van der Waals surface area contributed by atoms with Gasteiger partial charge in [-0.2, -0.15) is 0 Å². The van der Waals surface area contributed by atoms with E-state index in [1.807, 2.05) is 0 Å². The zero-order valence-electron chi connectivity index (χ0n) is 11.6. The molecule has 0 bridgehead atoms. The Morgan fingerprint density at radius 1 is 1.00 bits per heavy atom. The topological polar surface area (TPSA) is 12.5 Å². The minimum atomic E-state index is -1.65. The van der Waals surface area contributed by atoms with Crippen LogP contribution in [0.25, 0.3) is 0 Å². The number of nitrogens with zero attached hydrogens (tertiary/aromatic N) is 1. The minimum Gasteiger partial charge on any atom is -0.444 e. The van der Waals surface area contributed by atoms with Gasteiger partial charge in [-0.05, 0) is 52.1 Å². The van der Waals surface area contributed by atoms with Crippen LogP contribution in [0.1, 0.15) is 12.8 Å². The summed E-state index contributed by atoms with van der Waals surface area (Å²) in [4.78, 5) is 0. The highest BCUT2D eigenvalue weighted by molar-refractivity contribution is 6.85. The maximum Gasteiger partial charge on any atom is 0.254 e. The molecule has 0 atom stereocenters. The summed E-state index contributed by atoms with van der Waals surface area (Å²) >= 11 is 0. The van der Waals surface area contributed by atoms with E-state index in [-0.39, 0.29) is 0 Å². The highest BCUT2D eigenvalue weighted by atomic mass is 28.4.